The lowest BCUT2D eigenvalue weighted by molar-refractivity contribution is 0.744. The smallest absolute Gasteiger partial charge is 0.0369 e. The SMILES string of the molecule is CCCN(CCC)c1ccc2c(c1)CC=C2. The summed E-state index contributed by atoms with van der Waals surface area (Å²) < 4.78 is 0. The van der Waals surface area contributed by atoms with Gasteiger partial charge in [0.2, 0.25) is 0 Å². The molecule has 0 heterocycles. The largest absolute Gasteiger partial charge is 0.372 e. The summed E-state index contributed by atoms with van der Waals surface area (Å²) in [4.78, 5) is 2.50. The molecular formula is C15H21N. The van der Waals surface area contributed by atoms with Gasteiger partial charge in [0.05, 0.1) is 0 Å². The summed E-state index contributed by atoms with van der Waals surface area (Å²) >= 11 is 0. The molecule has 0 amide bonds. The first kappa shape index (κ1) is 11.3. The van der Waals surface area contributed by atoms with Gasteiger partial charge in [0.15, 0.2) is 0 Å². The Balaban J connectivity index is 2.18. The van der Waals surface area contributed by atoms with E-state index in [1.54, 1.807) is 0 Å². The first-order valence-corrected chi connectivity index (χ1v) is 6.39. The maximum Gasteiger partial charge on any atom is 0.0369 e. The van der Waals surface area contributed by atoms with Gasteiger partial charge in [-0.2, -0.15) is 0 Å². The summed E-state index contributed by atoms with van der Waals surface area (Å²) in [6, 6.07) is 6.88. The third-order valence-corrected chi connectivity index (χ3v) is 3.11. The molecule has 1 heteroatoms. The topological polar surface area (TPSA) is 3.24 Å². The Morgan fingerprint density at radius 3 is 2.56 bits per heavy atom. The molecule has 0 bridgehead atoms. The average molecular weight is 215 g/mol. The molecule has 0 unspecified atom stereocenters. The van der Waals surface area contributed by atoms with Crippen molar-refractivity contribution in [1.82, 2.24) is 0 Å². The van der Waals surface area contributed by atoms with Crippen LogP contribution in [0.2, 0.25) is 0 Å². The van der Waals surface area contributed by atoms with Crippen molar-refractivity contribution >= 4 is 11.8 Å². The quantitative estimate of drug-likeness (QED) is 0.720. The van der Waals surface area contributed by atoms with Gasteiger partial charge in [0.1, 0.15) is 0 Å². The van der Waals surface area contributed by atoms with Crippen LogP contribution >= 0.6 is 0 Å². The van der Waals surface area contributed by atoms with E-state index in [1.807, 2.05) is 0 Å². The summed E-state index contributed by atoms with van der Waals surface area (Å²) in [5, 5.41) is 0. The monoisotopic (exact) mass is 215 g/mol. The van der Waals surface area contributed by atoms with Gasteiger partial charge in [-0.25, -0.2) is 0 Å². The standard InChI is InChI=1S/C15H21N/c1-3-10-16(11-4-2)15-9-8-13-6-5-7-14(13)12-15/h5-6,8-9,12H,3-4,7,10-11H2,1-2H3. The Labute approximate surface area is 98.8 Å². The molecule has 0 radical (unpaired) electrons. The maximum absolute atomic E-state index is 2.50. The molecule has 1 aromatic carbocycles. The zero-order valence-electron chi connectivity index (χ0n) is 10.4. The molecule has 0 atom stereocenters. The fourth-order valence-electron chi connectivity index (χ4n) is 2.35. The van der Waals surface area contributed by atoms with E-state index >= 15 is 0 Å². The van der Waals surface area contributed by atoms with Crippen LogP contribution in [-0.2, 0) is 6.42 Å². The number of fused-ring (bicyclic) bond motifs is 1. The number of anilines is 1. The van der Waals surface area contributed by atoms with Crippen molar-refractivity contribution in [3.63, 3.8) is 0 Å². The van der Waals surface area contributed by atoms with Gasteiger partial charge in [0, 0.05) is 18.8 Å². The molecule has 1 aliphatic carbocycles. The van der Waals surface area contributed by atoms with E-state index in [0.717, 1.165) is 6.42 Å². The Morgan fingerprint density at radius 2 is 1.88 bits per heavy atom. The molecule has 0 spiro atoms. The third-order valence-electron chi connectivity index (χ3n) is 3.11. The minimum absolute atomic E-state index is 1.11. The van der Waals surface area contributed by atoms with E-state index in [-0.39, 0.29) is 0 Å². The first-order valence-electron chi connectivity index (χ1n) is 6.39. The average Bonchev–Trinajstić information content (AvgIpc) is 2.75. The van der Waals surface area contributed by atoms with E-state index in [1.165, 1.54) is 42.7 Å². The molecule has 1 aliphatic rings. The lowest BCUT2D eigenvalue weighted by Crippen LogP contribution is -2.24. The molecule has 86 valence electrons. The van der Waals surface area contributed by atoms with Crippen LogP contribution in [0.15, 0.2) is 24.3 Å². The Morgan fingerprint density at radius 1 is 1.12 bits per heavy atom. The molecule has 16 heavy (non-hydrogen) atoms. The van der Waals surface area contributed by atoms with Gasteiger partial charge in [-0.15, -0.1) is 0 Å². The molecule has 0 saturated heterocycles. The molecule has 2 rings (SSSR count). The van der Waals surface area contributed by atoms with Gasteiger partial charge in [-0.1, -0.05) is 32.1 Å². The van der Waals surface area contributed by atoms with Crippen LogP contribution in [-0.4, -0.2) is 13.1 Å². The van der Waals surface area contributed by atoms with Crippen LogP contribution in [0, 0.1) is 0 Å². The van der Waals surface area contributed by atoms with Crippen LogP contribution in [0.3, 0.4) is 0 Å². The number of rotatable bonds is 5. The summed E-state index contributed by atoms with van der Waals surface area (Å²) in [5.74, 6) is 0. The fourth-order valence-corrected chi connectivity index (χ4v) is 2.35. The van der Waals surface area contributed by atoms with Gasteiger partial charge in [-0.05, 0) is 42.5 Å². The molecule has 0 fully saturated rings. The second kappa shape index (κ2) is 5.20. The molecule has 0 aliphatic heterocycles. The Hall–Kier alpha value is -1.24. The van der Waals surface area contributed by atoms with Crippen molar-refractivity contribution in [1.29, 1.82) is 0 Å². The number of nitrogens with zero attached hydrogens (tertiary/aromatic N) is 1. The second-order valence-corrected chi connectivity index (χ2v) is 4.48. The van der Waals surface area contributed by atoms with E-state index in [2.05, 4.69) is 49.1 Å². The predicted octanol–water partition coefficient (Wildman–Crippen LogP) is 3.88. The van der Waals surface area contributed by atoms with Crippen molar-refractivity contribution in [3.8, 4) is 0 Å². The lowest BCUT2D eigenvalue weighted by atomic mass is 10.1. The summed E-state index contributed by atoms with van der Waals surface area (Å²) in [6.07, 6.45) is 8.02. The van der Waals surface area contributed by atoms with Crippen molar-refractivity contribution in [2.45, 2.75) is 33.1 Å². The van der Waals surface area contributed by atoms with Crippen molar-refractivity contribution in [3.05, 3.63) is 35.4 Å². The highest BCUT2D eigenvalue weighted by Gasteiger charge is 2.09. The van der Waals surface area contributed by atoms with Crippen molar-refractivity contribution in [2.24, 2.45) is 0 Å². The molecule has 0 saturated carbocycles. The van der Waals surface area contributed by atoms with E-state index in [0.29, 0.717) is 0 Å². The number of benzene rings is 1. The molecular weight excluding hydrogens is 194 g/mol. The third kappa shape index (κ3) is 2.29. The zero-order chi connectivity index (χ0) is 11.4. The van der Waals surface area contributed by atoms with Crippen LogP contribution in [0.1, 0.15) is 37.8 Å². The number of allylic oxidation sites excluding steroid dienone is 1. The lowest BCUT2D eigenvalue weighted by Gasteiger charge is -2.24. The second-order valence-electron chi connectivity index (χ2n) is 4.48. The summed E-state index contributed by atoms with van der Waals surface area (Å²) in [7, 11) is 0. The minimum Gasteiger partial charge on any atom is -0.372 e. The molecule has 0 aromatic heterocycles. The van der Waals surface area contributed by atoms with Crippen LogP contribution in [0.5, 0.6) is 0 Å². The normalized spacial score (nSPS) is 12.9. The van der Waals surface area contributed by atoms with E-state index in [9.17, 15) is 0 Å². The summed E-state index contributed by atoms with van der Waals surface area (Å²) in [5.41, 5.74) is 4.28. The zero-order valence-corrected chi connectivity index (χ0v) is 10.4. The minimum atomic E-state index is 1.11. The van der Waals surface area contributed by atoms with Gasteiger partial charge in [0.25, 0.3) is 0 Å². The summed E-state index contributed by atoms with van der Waals surface area (Å²) in [6.45, 7) is 6.83. The first-order chi connectivity index (χ1) is 7.85. The maximum atomic E-state index is 2.50. The Kier molecular flexibility index (Phi) is 3.66. The number of hydrogen-bond acceptors (Lipinski definition) is 1. The molecule has 1 aromatic rings. The molecule has 0 N–H and O–H groups in total. The highest BCUT2D eigenvalue weighted by Crippen LogP contribution is 2.25. The fraction of sp³-hybridized carbons (Fsp3) is 0.467. The van der Waals surface area contributed by atoms with Gasteiger partial charge >= 0.3 is 0 Å². The van der Waals surface area contributed by atoms with Gasteiger partial charge in [-0.3, -0.25) is 0 Å². The highest BCUT2D eigenvalue weighted by atomic mass is 15.1. The van der Waals surface area contributed by atoms with Crippen LogP contribution < -0.4 is 4.90 Å². The van der Waals surface area contributed by atoms with Crippen LogP contribution in [0.4, 0.5) is 5.69 Å². The number of hydrogen-bond donors (Lipinski definition) is 0. The van der Waals surface area contributed by atoms with E-state index < -0.39 is 0 Å². The Bertz CT molecular complexity index is 373. The van der Waals surface area contributed by atoms with E-state index in [4.69, 9.17) is 0 Å². The van der Waals surface area contributed by atoms with Crippen molar-refractivity contribution in [2.75, 3.05) is 18.0 Å². The van der Waals surface area contributed by atoms with Crippen LogP contribution in [0.25, 0.3) is 6.08 Å². The molecule has 1 nitrogen and oxygen atoms in total. The van der Waals surface area contributed by atoms with Crippen molar-refractivity contribution < 1.29 is 0 Å². The predicted molar refractivity (Wildman–Crippen MR) is 72.0 cm³/mol. The highest BCUT2D eigenvalue weighted by molar-refractivity contribution is 5.64. The van der Waals surface area contributed by atoms with Gasteiger partial charge < -0.3 is 4.90 Å².